The highest BCUT2D eigenvalue weighted by Crippen LogP contribution is 2.42. The first-order valence-electron chi connectivity index (χ1n) is 12.2. The van der Waals surface area contributed by atoms with Crippen LogP contribution in [0.2, 0.25) is 5.02 Å². The molecule has 0 aliphatic carbocycles. The quantitative estimate of drug-likeness (QED) is 0.187. The summed E-state index contributed by atoms with van der Waals surface area (Å²) < 4.78 is 5.95. The van der Waals surface area contributed by atoms with Gasteiger partial charge in [0.25, 0.3) is 5.91 Å². The van der Waals surface area contributed by atoms with Gasteiger partial charge in [0.1, 0.15) is 5.76 Å². The highest BCUT2D eigenvalue weighted by molar-refractivity contribution is 6.40. The Bertz CT molecular complexity index is 1430. The molecule has 0 spiro atoms. The summed E-state index contributed by atoms with van der Waals surface area (Å²) in [6.45, 7) is 0. The molecule has 1 amide bonds. The van der Waals surface area contributed by atoms with Gasteiger partial charge in [0.15, 0.2) is 5.54 Å². The van der Waals surface area contributed by atoms with E-state index in [4.69, 9.17) is 39.5 Å². The van der Waals surface area contributed by atoms with Gasteiger partial charge in [-0.25, -0.2) is 4.79 Å². The van der Waals surface area contributed by atoms with Crippen molar-refractivity contribution in [1.29, 1.82) is 0 Å². The van der Waals surface area contributed by atoms with E-state index < -0.39 is 17.4 Å². The summed E-state index contributed by atoms with van der Waals surface area (Å²) in [5.41, 5.74) is 1.53. The molecule has 0 aromatic heterocycles. The minimum absolute atomic E-state index is 0.194. The third-order valence-corrected chi connectivity index (χ3v) is 6.62. The Labute approximate surface area is 243 Å². The third kappa shape index (κ3) is 6.90. The fraction of sp³-hybridized carbons (Fsp3) is 0.125. The summed E-state index contributed by atoms with van der Waals surface area (Å²) in [7, 11) is 0. The number of hydrogen-bond acceptors (Lipinski definition) is 3. The molecule has 198 valence electrons. The highest BCUT2D eigenvalue weighted by atomic mass is 35.5. The number of ether oxygens (including phenoxy) is 1. The summed E-state index contributed by atoms with van der Waals surface area (Å²) in [6, 6.07) is 35.3. The van der Waals surface area contributed by atoms with E-state index in [-0.39, 0.29) is 17.7 Å². The molecule has 1 aliphatic heterocycles. The van der Waals surface area contributed by atoms with Gasteiger partial charge in [-0.2, -0.15) is 0 Å². The summed E-state index contributed by atoms with van der Waals surface area (Å²) in [5, 5.41) is 3.83. The Hall–Kier alpha value is -3.57. The maximum atomic E-state index is 14.0. The van der Waals surface area contributed by atoms with E-state index in [2.05, 4.69) is 5.32 Å². The van der Waals surface area contributed by atoms with E-state index in [9.17, 15) is 9.59 Å². The number of rotatable bonds is 6. The van der Waals surface area contributed by atoms with Crippen LogP contribution in [-0.2, 0) is 16.0 Å². The minimum Gasteiger partial charge on any atom is -0.424 e. The molecule has 1 heterocycles. The molecule has 0 radical (unpaired) electrons. The van der Waals surface area contributed by atoms with Crippen molar-refractivity contribution in [3.05, 3.63) is 149 Å². The van der Waals surface area contributed by atoms with Crippen LogP contribution in [0.5, 0.6) is 0 Å². The Morgan fingerprint density at radius 2 is 1.41 bits per heavy atom. The summed E-state index contributed by atoms with van der Waals surface area (Å²) >= 11 is 15.9. The maximum Gasteiger partial charge on any atom is 0.338 e. The van der Waals surface area contributed by atoms with Crippen LogP contribution in [0.15, 0.2) is 121 Å². The standard InChI is InChI=1S/C31H24ClNO3.CH2Cl2/c32-26-18-10-17-25(19-26)27-20-28(23-13-6-2-7-14-23)36-30(35)31(27,21-22-11-4-1-5-12-22)33-29(34)24-15-8-3-9-16-24;2-1-3/h1-20,27H,21H2,(H,33,34);1H2/t27-,31+;/m1./s1. The molecule has 4 aromatic rings. The largest absolute Gasteiger partial charge is 0.424 e. The van der Waals surface area contributed by atoms with Crippen molar-refractivity contribution in [2.24, 2.45) is 0 Å². The van der Waals surface area contributed by atoms with E-state index >= 15 is 0 Å². The number of amides is 1. The number of hydrogen-bond donors (Lipinski definition) is 1. The lowest BCUT2D eigenvalue weighted by atomic mass is 9.73. The van der Waals surface area contributed by atoms with Crippen LogP contribution >= 0.6 is 34.8 Å². The van der Waals surface area contributed by atoms with Crippen molar-refractivity contribution in [3.8, 4) is 0 Å². The van der Waals surface area contributed by atoms with E-state index in [1.807, 2.05) is 91.0 Å². The highest BCUT2D eigenvalue weighted by Gasteiger charge is 2.51. The average molecular weight is 579 g/mol. The van der Waals surface area contributed by atoms with E-state index in [0.717, 1.165) is 16.7 Å². The van der Waals surface area contributed by atoms with Crippen LogP contribution in [0.4, 0.5) is 0 Å². The number of benzene rings is 4. The number of cyclic esters (lactones) is 1. The minimum atomic E-state index is -1.41. The first-order valence-corrected chi connectivity index (χ1v) is 13.7. The number of carbonyl (C=O) groups excluding carboxylic acids is 2. The molecule has 39 heavy (non-hydrogen) atoms. The van der Waals surface area contributed by atoms with Gasteiger partial charge in [0.05, 0.1) is 5.34 Å². The second-order valence-corrected chi connectivity index (χ2v) is 10.1. The molecule has 0 fully saturated rings. The van der Waals surface area contributed by atoms with Gasteiger partial charge >= 0.3 is 5.97 Å². The molecule has 0 saturated heterocycles. The molecule has 5 rings (SSSR count). The van der Waals surface area contributed by atoms with E-state index in [0.29, 0.717) is 16.3 Å². The molecule has 0 saturated carbocycles. The zero-order valence-corrected chi connectivity index (χ0v) is 23.2. The van der Waals surface area contributed by atoms with E-state index in [1.165, 1.54) is 0 Å². The van der Waals surface area contributed by atoms with Crippen molar-refractivity contribution in [3.63, 3.8) is 0 Å². The van der Waals surface area contributed by atoms with Crippen molar-refractivity contribution in [2.75, 3.05) is 5.34 Å². The molecular formula is C32H26Cl3NO3. The maximum absolute atomic E-state index is 14.0. The predicted molar refractivity (Wildman–Crippen MR) is 158 cm³/mol. The molecular weight excluding hydrogens is 553 g/mol. The Morgan fingerprint density at radius 1 is 0.821 bits per heavy atom. The van der Waals surface area contributed by atoms with Crippen LogP contribution in [0.3, 0.4) is 0 Å². The molecule has 7 heteroatoms. The molecule has 1 aliphatic rings. The average Bonchev–Trinajstić information content (AvgIpc) is 2.96. The molecule has 1 N–H and O–H groups in total. The van der Waals surface area contributed by atoms with E-state index in [1.54, 1.807) is 30.3 Å². The monoisotopic (exact) mass is 577 g/mol. The van der Waals surface area contributed by atoms with Crippen molar-refractivity contribution in [1.82, 2.24) is 5.32 Å². The van der Waals surface area contributed by atoms with Gasteiger partial charge in [-0.1, -0.05) is 103 Å². The van der Waals surface area contributed by atoms with Crippen LogP contribution in [0, 0.1) is 0 Å². The zero-order valence-electron chi connectivity index (χ0n) is 20.9. The summed E-state index contributed by atoms with van der Waals surface area (Å²) in [4.78, 5) is 27.5. The van der Waals surface area contributed by atoms with Gasteiger partial charge in [-0.05, 0) is 41.5 Å². The number of nitrogens with one attached hydrogen (secondary N) is 1. The number of halogens is 3. The van der Waals surface area contributed by atoms with Gasteiger partial charge in [-0.3, -0.25) is 4.79 Å². The molecule has 2 atom stereocenters. The number of esters is 1. The van der Waals surface area contributed by atoms with Crippen molar-refractivity contribution >= 4 is 52.4 Å². The fourth-order valence-corrected chi connectivity index (χ4v) is 4.82. The molecule has 0 bridgehead atoms. The third-order valence-electron chi connectivity index (χ3n) is 6.38. The van der Waals surface area contributed by atoms with Crippen LogP contribution in [0.1, 0.15) is 33.0 Å². The Morgan fingerprint density at radius 3 is 2.03 bits per heavy atom. The zero-order chi connectivity index (χ0) is 27.7. The normalized spacial score (nSPS) is 18.2. The SMILES string of the molecule is ClCCl.O=C(N[C@]1(Cc2ccccc2)C(=O)OC(c2ccccc2)=C[C@@H]1c1cccc(Cl)c1)c1ccccc1. The van der Waals surface area contributed by atoms with Gasteiger partial charge < -0.3 is 10.1 Å². The van der Waals surface area contributed by atoms with Gasteiger partial charge in [0.2, 0.25) is 0 Å². The van der Waals surface area contributed by atoms with Gasteiger partial charge in [-0.15, -0.1) is 23.2 Å². The number of carbonyl (C=O) groups is 2. The Balaban J connectivity index is 0.00000112. The van der Waals surface area contributed by atoms with Crippen LogP contribution < -0.4 is 5.32 Å². The first-order chi connectivity index (χ1) is 19.0. The molecule has 4 nitrogen and oxygen atoms in total. The first kappa shape index (κ1) is 28.4. The lowest BCUT2D eigenvalue weighted by Crippen LogP contribution is -2.61. The number of alkyl halides is 2. The second kappa shape index (κ2) is 13.5. The van der Waals surface area contributed by atoms with Crippen LogP contribution in [-0.4, -0.2) is 22.8 Å². The Kier molecular flexibility index (Phi) is 9.83. The topological polar surface area (TPSA) is 55.4 Å². The lowest BCUT2D eigenvalue weighted by molar-refractivity contribution is -0.145. The lowest BCUT2D eigenvalue weighted by Gasteiger charge is -2.41. The second-order valence-electron chi connectivity index (χ2n) is 8.87. The summed E-state index contributed by atoms with van der Waals surface area (Å²) in [5.74, 6) is -0.974. The molecule has 4 aromatic carbocycles. The van der Waals surface area contributed by atoms with Gasteiger partial charge in [0, 0.05) is 28.5 Å². The molecule has 0 unspecified atom stereocenters. The van der Waals surface area contributed by atoms with Crippen molar-refractivity contribution < 1.29 is 14.3 Å². The smallest absolute Gasteiger partial charge is 0.338 e. The summed E-state index contributed by atoms with van der Waals surface area (Å²) in [6.07, 6.45) is 2.15. The van der Waals surface area contributed by atoms with Crippen LogP contribution in [0.25, 0.3) is 5.76 Å². The van der Waals surface area contributed by atoms with Crippen molar-refractivity contribution in [2.45, 2.75) is 17.9 Å². The predicted octanol–water partition coefficient (Wildman–Crippen LogP) is 7.85. The fourth-order valence-electron chi connectivity index (χ4n) is 4.62.